The highest BCUT2D eigenvalue weighted by Crippen LogP contribution is 2.30. The maximum Gasteiger partial charge on any atom is 0.303 e. The molecule has 1 aromatic rings. The molecule has 1 rings (SSSR count). The lowest BCUT2D eigenvalue weighted by Gasteiger charge is -2.12. The second kappa shape index (κ2) is 5.07. The Morgan fingerprint density at radius 3 is 2.69 bits per heavy atom. The van der Waals surface area contributed by atoms with E-state index in [1.165, 1.54) is 13.0 Å². The number of nitro benzene ring substituents is 1. The smallest absolute Gasteiger partial charge is 0.303 e. The van der Waals surface area contributed by atoms with E-state index in [1.807, 2.05) is 0 Å². The van der Waals surface area contributed by atoms with Crippen molar-refractivity contribution in [3.63, 3.8) is 0 Å². The summed E-state index contributed by atoms with van der Waals surface area (Å²) < 4.78 is 5.62. The van der Waals surface area contributed by atoms with Crippen molar-refractivity contribution in [1.29, 1.82) is 0 Å². The van der Waals surface area contributed by atoms with Gasteiger partial charge < -0.3 is 4.74 Å². The fraction of sp³-hybridized carbons (Fsp3) is 0.300. The maximum absolute atomic E-state index is 10.8. The topological polar surface area (TPSA) is 69.4 Å². The lowest BCUT2D eigenvalue weighted by molar-refractivity contribution is -0.386. The third-order valence-electron chi connectivity index (χ3n) is 1.97. The van der Waals surface area contributed by atoms with Crippen LogP contribution >= 0.6 is 15.9 Å². The van der Waals surface area contributed by atoms with Gasteiger partial charge in [0.25, 0.3) is 5.69 Å². The summed E-state index contributed by atoms with van der Waals surface area (Å²) in [6.07, 6.45) is -0.643. The molecule has 1 atom stereocenters. The highest BCUT2D eigenvalue weighted by Gasteiger charge is 2.21. The molecule has 0 aromatic heterocycles. The van der Waals surface area contributed by atoms with Crippen LogP contribution in [-0.4, -0.2) is 10.9 Å². The maximum atomic E-state index is 10.8. The summed E-state index contributed by atoms with van der Waals surface area (Å²) in [5.41, 5.74) is 0.312. The number of hydrogen-bond donors (Lipinski definition) is 0. The summed E-state index contributed by atoms with van der Waals surface area (Å²) in [4.78, 5) is 21.1. The van der Waals surface area contributed by atoms with Crippen molar-refractivity contribution in [2.24, 2.45) is 0 Å². The first-order valence-electron chi connectivity index (χ1n) is 4.53. The number of carbonyl (C=O) groups is 1. The molecule has 0 spiro atoms. The molecule has 0 aliphatic heterocycles. The number of carbonyl (C=O) groups excluding carboxylic acids is 1. The van der Waals surface area contributed by atoms with Crippen molar-refractivity contribution in [2.45, 2.75) is 20.0 Å². The average molecular weight is 288 g/mol. The van der Waals surface area contributed by atoms with E-state index in [2.05, 4.69) is 15.9 Å². The Kier molecular flexibility index (Phi) is 4.00. The van der Waals surface area contributed by atoms with E-state index in [1.54, 1.807) is 19.1 Å². The number of benzene rings is 1. The largest absolute Gasteiger partial charge is 0.458 e. The Labute approximate surface area is 101 Å². The quantitative estimate of drug-likeness (QED) is 0.487. The zero-order chi connectivity index (χ0) is 12.3. The van der Waals surface area contributed by atoms with Gasteiger partial charge in [0, 0.05) is 17.5 Å². The van der Waals surface area contributed by atoms with Crippen molar-refractivity contribution in [1.82, 2.24) is 0 Å². The molecule has 6 heteroatoms. The van der Waals surface area contributed by atoms with Gasteiger partial charge >= 0.3 is 5.97 Å². The van der Waals surface area contributed by atoms with Crippen LogP contribution in [0.25, 0.3) is 0 Å². The summed E-state index contributed by atoms with van der Waals surface area (Å²) in [5, 5.41) is 10.8. The normalized spacial score (nSPS) is 11.9. The zero-order valence-electron chi connectivity index (χ0n) is 8.77. The number of nitrogens with zero attached hydrogens (tertiary/aromatic N) is 1. The van der Waals surface area contributed by atoms with Crippen LogP contribution in [0.5, 0.6) is 0 Å². The molecule has 1 unspecified atom stereocenters. The van der Waals surface area contributed by atoms with Crippen molar-refractivity contribution in [3.8, 4) is 0 Å². The van der Waals surface area contributed by atoms with Crippen molar-refractivity contribution in [3.05, 3.63) is 38.3 Å². The van der Waals surface area contributed by atoms with Crippen molar-refractivity contribution in [2.75, 3.05) is 0 Å². The Balaban J connectivity index is 3.13. The van der Waals surface area contributed by atoms with E-state index in [9.17, 15) is 14.9 Å². The van der Waals surface area contributed by atoms with Gasteiger partial charge in [0.1, 0.15) is 6.10 Å². The molecular weight excluding hydrogens is 278 g/mol. The summed E-state index contributed by atoms with van der Waals surface area (Å²) in [5.74, 6) is -0.471. The monoisotopic (exact) mass is 287 g/mol. The van der Waals surface area contributed by atoms with Crippen LogP contribution in [0.2, 0.25) is 0 Å². The SMILES string of the molecule is CC(=O)OC(C)c1cc(Br)ccc1[N+](=O)[O-]. The van der Waals surface area contributed by atoms with Crippen LogP contribution in [0.1, 0.15) is 25.5 Å². The van der Waals surface area contributed by atoms with Gasteiger partial charge in [0.2, 0.25) is 0 Å². The molecule has 0 amide bonds. The average Bonchev–Trinajstić information content (AvgIpc) is 2.15. The first-order valence-corrected chi connectivity index (χ1v) is 5.32. The van der Waals surface area contributed by atoms with Crippen LogP contribution in [0.3, 0.4) is 0 Å². The van der Waals surface area contributed by atoms with E-state index in [0.29, 0.717) is 10.0 Å². The molecule has 5 nitrogen and oxygen atoms in total. The van der Waals surface area contributed by atoms with E-state index in [-0.39, 0.29) is 5.69 Å². The van der Waals surface area contributed by atoms with Gasteiger partial charge in [0.05, 0.1) is 10.5 Å². The molecule has 1 aromatic carbocycles. The Morgan fingerprint density at radius 2 is 2.19 bits per heavy atom. The van der Waals surface area contributed by atoms with Crippen LogP contribution in [-0.2, 0) is 9.53 Å². The fourth-order valence-electron chi connectivity index (χ4n) is 1.33. The first-order chi connectivity index (χ1) is 7.41. The highest BCUT2D eigenvalue weighted by molar-refractivity contribution is 9.10. The minimum absolute atomic E-state index is 0.0584. The van der Waals surface area contributed by atoms with Crippen LogP contribution in [0, 0.1) is 10.1 Å². The van der Waals surface area contributed by atoms with Gasteiger partial charge in [-0.05, 0) is 19.1 Å². The molecule has 0 fully saturated rings. The van der Waals surface area contributed by atoms with Crippen LogP contribution < -0.4 is 0 Å². The van der Waals surface area contributed by atoms with E-state index < -0.39 is 17.0 Å². The van der Waals surface area contributed by atoms with Gasteiger partial charge in [-0.3, -0.25) is 14.9 Å². The Bertz CT molecular complexity index is 433. The van der Waals surface area contributed by atoms with Crippen molar-refractivity contribution >= 4 is 27.6 Å². The summed E-state index contributed by atoms with van der Waals surface area (Å²) in [6.45, 7) is 2.86. The molecule has 0 bridgehead atoms. The molecule has 86 valence electrons. The third-order valence-corrected chi connectivity index (χ3v) is 2.46. The third kappa shape index (κ3) is 3.03. The Hall–Kier alpha value is -1.43. The van der Waals surface area contributed by atoms with Crippen LogP contribution in [0.4, 0.5) is 5.69 Å². The van der Waals surface area contributed by atoms with Gasteiger partial charge in [-0.1, -0.05) is 15.9 Å². The lowest BCUT2D eigenvalue weighted by Crippen LogP contribution is -2.07. The van der Waals surface area contributed by atoms with Gasteiger partial charge in [-0.25, -0.2) is 0 Å². The molecule has 16 heavy (non-hydrogen) atoms. The number of halogens is 1. The first kappa shape index (κ1) is 12.6. The minimum Gasteiger partial charge on any atom is -0.458 e. The molecule has 0 saturated carbocycles. The number of ether oxygens (including phenoxy) is 1. The minimum atomic E-state index is -0.643. The van der Waals surface area contributed by atoms with Crippen molar-refractivity contribution < 1.29 is 14.5 Å². The Morgan fingerprint density at radius 1 is 1.56 bits per heavy atom. The molecule has 0 aliphatic rings. The van der Waals surface area contributed by atoms with Gasteiger partial charge in [0.15, 0.2) is 0 Å². The lowest BCUT2D eigenvalue weighted by atomic mass is 10.1. The van der Waals surface area contributed by atoms with Crippen LogP contribution in [0.15, 0.2) is 22.7 Å². The van der Waals surface area contributed by atoms with E-state index >= 15 is 0 Å². The summed E-state index contributed by atoms with van der Waals surface area (Å²) >= 11 is 3.22. The predicted octanol–water partition coefficient (Wildman–Crippen LogP) is 2.98. The number of nitro groups is 1. The highest BCUT2D eigenvalue weighted by atomic mass is 79.9. The summed E-state index contributed by atoms with van der Waals surface area (Å²) in [6, 6.07) is 4.52. The van der Waals surface area contributed by atoms with E-state index in [0.717, 1.165) is 0 Å². The molecular formula is C10H10BrNO4. The zero-order valence-corrected chi connectivity index (χ0v) is 10.4. The number of esters is 1. The molecule has 0 saturated heterocycles. The second-order valence-corrected chi connectivity index (χ2v) is 4.13. The molecule has 0 heterocycles. The molecule has 0 N–H and O–H groups in total. The fourth-order valence-corrected chi connectivity index (χ4v) is 1.71. The van der Waals surface area contributed by atoms with E-state index in [4.69, 9.17) is 4.74 Å². The predicted molar refractivity (Wildman–Crippen MR) is 61.0 cm³/mol. The van der Waals surface area contributed by atoms with Gasteiger partial charge in [-0.15, -0.1) is 0 Å². The second-order valence-electron chi connectivity index (χ2n) is 3.21. The standard InChI is InChI=1S/C10H10BrNO4/c1-6(16-7(2)13)9-5-8(11)3-4-10(9)12(14)15/h3-6H,1-2H3. The number of hydrogen-bond acceptors (Lipinski definition) is 4. The number of rotatable bonds is 3. The summed E-state index contributed by atoms with van der Waals surface area (Å²) in [7, 11) is 0. The molecule has 0 radical (unpaired) electrons. The molecule has 0 aliphatic carbocycles. The van der Waals surface area contributed by atoms with Gasteiger partial charge in [-0.2, -0.15) is 0 Å².